The summed E-state index contributed by atoms with van der Waals surface area (Å²) in [4.78, 5) is 0. The number of hydrogen-bond donors (Lipinski definition) is 1. The summed E-state index contributed by atoms with van der Waals surface area (Å²) in [6.45, 7) is 3.45. The van der Waals surface area contributed by atoms with Crippen molar-refractivity contribution < 1.29 is 9.47 Å². The molecule has 1 rings (SSSR count). The standard InChI is InChI=1S/C13H27NO2/c1-15-10-6-11-16-12-9-14-13-7-4-2-3-5-8-13/h13-14H,2-12H2,1H3. The maximum Gasteiger partial charge on any atom is 0.0591 e. The first-order chi connectivity index (χ1) is 7.93. The fourth-order valence-corrected chi connectivity index (χ4v) is 2.23. The van der Waals surface area contributed by atoms with Crippen LogP contribution in [-0.2, 0) is 9.47 Å². The quantitative estimate of drug-likeness (QED) is 0.512. The van der Waals surface area contributed by atoms with Crippen molar-refractivity contribution in [1.82, 2.24) is 5.32 Å². The molecule has 0 amide bonds. The molecule has 0 unspecified atom stereocenters. The summed E-state index contributed by atoms with van der Waals surface area (Å²) in [5.41, 5.74) is 0. The highest BCUT2D eigenvalue weighted by Gasteiger charge is 2.10. The molecule has 0 spiro atoms. The van der Waals surface area contributed by atoms with Gasteiger partial charge in [-0.15, -0.1) is 0 Å². The molecule has 0 aromatic carbocycles. The third-order valence-corrected chi connectivity index (χ3v) is 3.17. The van der Waals surface area contributed by atoms with Gasteiger partial charge in [0.15, 0.2) is 0 Å². The molecule has 0 aliphatic heterocycles. The summed E-state index contributed by atoms with van der Waals surface area (Å²) in [6, 6.07) is 0.741. The lowest BCUT2D eigenvalue weighted by atomic mass is 10.1. The van der Waals surface area contributed by atoms with E-state index in [9.17, 15) is 0 Å². The normalized spacial score (nSPS) is 18.6. The zero-order valence-corrected chi connectivity index (χ0v) is 10.7. The monoisotopic (exact) mass is 229 g/mol. The van der Waals surface area contributed by atoms with E-state index in [-0.39, 0.29) is 0 Å². The first kappa shape index (κ1) is 13.9. The highest BCUT2D eigenvalue weighted by Crippen LogP contribution is 2.16. The molecule has 1 aliphatic carbocycles. The van der Waals surface area contributed by atoms with E-state index < -0.39 is 0 Å². The number of methoxy groups -OCH3 is 1. The average molecular weight is 229 g/mol. The molecule has 0 radical (unpaired) electrons. The largest absolute Gasteiger partial charge is 0.385 e. The lowest BCUT2D eigenvalue weighted by Crippen LogP contribution is -2.31. The van der Waals surface area contributed by atoms with Gasteiger partial charge in [-0.05, 0) is 19.3 Å². The average Bonchev–Trinajstić information content (AvgIpc) is 2.56. The van der Waals surface area contributed by atoms with Crippen LogP contribution in [0, 0.1) is 0 Å². The third-order valence-electron chi connectivity index (χ3n) is 3.17. The highest BCUT2D eigenvalue weighted by molar-refractivity contribution is 4.70. The maximum atomic E-state index is 5.52. The lowest BCUT2D eigenvalue weighted by molar-refractivity contribution is 0.103. The van der Waals surface area contributed by atoms with Crippen molar-refractivity contribution in [3.05, 3.63) is 0 Å². The summed E-state index contributed by atoms with van der Waals surface area (Å²) >= 11 is 0. The predicted octanol–water partition coefficient (Wildman–Crippen LogP) is 2.35. The highest BCUT2D eigenvalue weighted by atomic mass is 16.5. The lowest BCUT2D eigenvalue weighted by Gasteiger charge is -2.15. The molecule has 96 valence electrons. The minimum atomic E-state index is 0.741. The van der Waals surface area contributed by atoms with Gasteiger partial charge >= 0.3 is 0 Å². The van der Waals surface area contributed by atoms with E-state index in [0.717, 1.165) is 38.8 Å². The van der Waals surface area contributed by atoms with Gasteiger partial charge in [0, 0.05) is 32.9 Å². The number of ether oxygens (including phenoxy) is 2. The van der Waals surface area contributed by atoms with Crippen LogP contribution in [0.25, 0.3) is 0 Å². The van der Waals surface area contributed by atoms with Crippen LogP contribution in [0.4, 0.5) is 0 Å². The van der Waals surface area contributed by atoms with E-state index in [1.54, 1.807) is 7.11 Å². The Bertz CT molecular complexity index is 145. The van der Waals surface area contributed by atoms with Gasteiger partial charge in [-0.1, -0.05) is 25.7 Å². The number of rotatable bonds is 8. The Labute approximate surface area is 99.9 Å². The molecular weight excluding hydrogens is 202 g/mol. The molecule has 0 aromatic heterocycles. The Balaban J connectivity index is 1.86. The van der Waals surface area contributed by atoms with Gasteiger partial charge in [0.05, 0.1) is 6.61 Å². The van der Waals surface area contributed by atoms with Crippen LogP contribution in [0.15, 0.2) is 0 Å². The fraction of sp³-hybridized carbons (Fsp3) is 1.00. The Morgan fingerprint density at radius 3 is 2.44 bits per heavy atom. The van der Waals surface area contributed by atoms with Crippen molar-refractivity contribution in [3.63, 3.8) is 0 Å². The smallest absolute Gasteiger partial charge is 0.0591 e. The Kier molecular flexibility index (Phi) is 8.77. The van der Waals surface area contributed by atoms with Crippen LogP contribution < -0.4 is 5.32 Å². The summed E-state index contributed by atoms with van der Waals surface area (Å²) in [6.07, 6.45) is 9.34. The molecule has 0 bridgehead atoms. The molecule has 3 heteroatoms. The predicted molar refractivity (Wildman–Crippen MR) is 66.8 cm³/mol. The summed E-state index contributed by atoms with van der Waals surface area (Å²) in [7, 11) is 1.73. The van der Waals surface area contributed by atoms with Crippen molar-refractivity contribution in [2.24, 2.45) is 0 Å². The number of nitrogens with one attached hydrogen (secondary N) is 1. The van der Waals surface area contributed by atoms with E-state index in [2.05, 4.69) is 5.32 Å². The van der Waals surface area contributed by atoms with Crippen molar-refractivity contribution in [2.45, 2.75) is 51.0 Å². The van der Waals surface area contributed by atoms with Gasteiger partial charge < -0.3 is 14.8 Å². The Morgan fingerprint density at radius 1 is 1.00 bits per heavy atom. The van der Waals surface area contributed by atoms with Crippen LogP contribution in [-0.4, -0.2) is 39.5 Å². The van der Waals surface area contributed by atoms with E-state index >= 15 is 0 Å². The van der Waals surface area contributed by atoms with Crippen LogP contribution in [0.3, 0.4) is 0 Å². The fourth-order valence-electron chi connectivity index (χ4n) is 2.23. The van der Waals surface area contributed by atoms with E-state index in [1.807, 2.05) is 0 Å². The van der Waals surface area contributed by atoms with E-state index in [4.69, 9.17) is 9.47 Å². The van der Waals surface area contributed by atoms with Gasteiger partial charge in [0.25, 0.3) is 0 Å². The minimum absolute atomic E-state index is 0.741. The molecular formula is C13H27NO2. The van der Waals surface area contributed by atoms with Crippen molar-refractivity contribution >= 4 is 0 Å². The van der Waals surface area contributed by atoms with E-state index in [0.29, 0.717) is 0 Å². The van der Waals surface area contributed by atoms with Gasteiger partial charge in [0.2, 0.25) is 0 Å². The molecule has 0 heterocycles. The van der Waals surface area contributed by atoms with Gasteiger partial charge in [-0.2, -0.15) is 0 Å². The van der Waals surface area contributed by atoms with Gasteiger partial charge in [-0.25, -0.2) is 0 Å². The third kappa shape index (κ3) is 7.20. The molecule has 1 aliphatic rings. The molecule has 1 fully saturated rings. The van der Waals surface area contributed by atoms with Crippen LogP contribution in [0.1, 0.15) is 44.9 Å². The molecule has 3 nitrogen and oxygen atoms in total. The Morgan fingerprint density at radius 2 is 1.75 bits per heavy atom. The summed E-state index contributed by atoms with van der Waals surface area (Å²) < 4.78 is 10.5. The second kappa shape index (κ2) is 10.1. The van der Waals surface area contributed by atoms with Crippen LogP contribution >= 0.6 is 0 Å². The Hall–Kier alpha value is -0.120. The molecule has 0 saturated heterocycles. The zero-order valence-electron chi connectivity index (χ0n) is 10.7. The second-order valence-electron chi connectivity index (χ2n) is 4.60. The zero-order chi connectivity index (χ0) is 11.5. The van der Waals surface area contributed by atoms with Gasteiger partial charge in [-0.3, -0.25) is 0 Å². The topological polar surface area (TPSA) is 30.5 Å². The minimum Gasteiger partial charge on any atom is -0.385 e. The summed E-state index contributed by atoms with van der Waals surface area (Å²) in [5, 5.41) is 3.60. The molecule has 16 heavy (non-hydrogen) atoms. The summed E-state index contributed by atoms with van der Waals surface area (Å²) in [5.74, 6) is 0. The van der Waals surface area contributed by atoms with Crippen LogP contribution in [0.5, 0.6) is 0 Å². The van der Waals surface area contributed by atoms with Crippen molar-refractivity contribution in [3.8, 4) is 0 Å². The van der Waals surface area contributed by atoms with E-state index in [1.165, 1.54) is 38.5 Å². The first-order valence-electron chi connectivity index (χ1n) is 6.73. The number of hydrogen-bond acceptors (Lipinski definition) is 3. The van der Waals surface area contributed by atoms with Crippen LogP contribution in [0.2, 0.25) is 0 Å². The van der Waals surface area contributed by atoms with Crippen molar-refractivity contribution in [1.29, 1.82) is 0 Å². The molecule has 0 atom stereocenters. The van der Waals surface area contributed by atoms with Gasteiger partial charge in [0.1, 0.15) is 0 Å². The van der Waals surface area contributed by atoms with Crippen molar-refractivity contribution in [2.75, 3.05) is 33.5 Å². The first-order valence-corrected chi connectivity index (χ1v) is 6.73. The molecule has 0 aromatic rings. The molecule has 1 saturated carbocycles. The SMILES string of the molecule is COCCCOCCNC1CCCCCC1. The molecule has 1 N–H and O–H groups in total. The second-order valence-corrected chi connectivity index (χ2v) is 4.60. The maximum absolute atomic E-state index is 5.52.